The molecule has 0 spiro atoms. The third-order valence-corrected chi connectivity index (χ3v) is 3.39. The van der Waals surface area contributed by atoms with Gasteiger partial charge in [-0.2, -0.15) is 0 Å². The van der Waals surface area contributed by atoms with Gasteiger partial charge < -0.3 is 10.1 Å². The lowest BCUT2D eigenvalue weighted by molar-refractivity contribution is 0.0497. The highest BCUT2D eigenvalue weighted by molar-refractivity contribution is 5.91. The standard InChI is InChI=1S/C14H22N4O3/c1-9(19)12-8-18(17-16-12)11-5-10(6-11)7-15-13(20)21-14(2,3)4/h8,10-11H,5-7H2,1-4H3,(H,15,20). The second-order valence-corrected chi connectivity index (χ2v) is 6.51. The van der Waals surface area contributed by atoms with Crippen LogP contribution in [0.3, 0.4) is 0 Å². The molecule has 1 heterocycles. The maximum absolute atomic E-state index is 11.5. The topological polar surface area (TPSA) is 86.1 Å². The molecule has 0 aromatic carbocycles. The number of amides is 1. The van der Waals surface area contributed by atoms with E-state index in [0.717, 1.165) is 12.8 Å². The lowest BCUT2D eigenvalue weighted by Crippen LogP contribution is -2.39. The number of ether oxygens (including phenoxy) is 1. The van der Waals surface area contributed by atoms with Crippen LogP contribution in [0.1, 0.15) is 57.1 Å². The molecule has 1 aromatic rings. The molecule has 2 rings (SSSR count). The number of carbonyl (C=O) groups excluding carboxylic acids is 2. The SMILES string of the molecule is CC(=O)c1cn(C2CC(CNC(=O)OC(C)(C)C)C2)nn1. The molecule has 0 atom stereocenters. The Kier molecular flexibility index (Phi) is 4.29. The van der Waals surface area contributed by atoms with Crippen LogP contribution in [-0.4, -0.2) is 39.0 Å². The maximum atomic E-state index is 11.5. The van der Waals surface area contributed by atoms with E-state index >= 15 is 0 Å². The summed E-state index contributed by atoms with van der Waals surface area (Å²) in [5, 5.41) is 10.6. The van der Waals surface area contributed by atoms with Crippen molar-refractivity contribution in [3.8, 4) is 0 Å². The predicted molar refractivity (Wildman–Crippen MR) is 76.0 cm³/mol. The summed E-state index contributed by atoms with van der Waals surface area (Å²) in [7, 11) is 0. The molecule has 0 aliphatic heterocycles. The summed E-state index contributed by atoms with van der Waals surface area (Å²) < 4.78 is 6.92. The zero-order valence-corrected chi connectivity index (χ0v) is 12.9. The van der Waals surface area contributed by atoms with E-state index in [-0.39, 0.29) is 17.9 Å². The lowest BCUT2D eigenvalue weighted by atomic mass is 9.80. The number of aromatic nitrogens is 3. The van der Waals surface area contributed by atoms with Gasteiger partial charge in [-0.05, 0) is 39.5 Å². The average molecular weight is 294 g/mol. The fourth-order valence-electron chi connectivity index (χ4n) is 2.24. The molecule has 116 valence electrons. The molecule has 1 aromatic heterocycles. The van der Waals surface area contributed by atoms with E-state index in [0.29, 0.717) is 18.2 Å². The number of hydrogen-bond donors (Lipinski definition) is 1. The van der Waals surface area contributed by atoms with Gasteiger partial charge in [-0.3, -0.25) is 4.79 Å². The van der Waals surface area contributed by atoms with Crippen molar-refractivity contribution in [3.63, 3.8) is 0 Å². The minimum absolute atomic E-state index is 0.0799. The van der Waals surface area contributed by atoms with Gasteiger partial charge in [-0.25, -0.2) is 9.48 Å². The first-order chi connectivity index (χ1) is 9.74. The van der Waals surface area contributed by atoms with E-state index in [1.54, 1.807) is 10.9 Å². The molecule has 21 heavy (non-hydrogen) atoms. The molecule has 7 heteroatoms. The van der Waals surface area contributed by atoms with Gasteiger partial charge in [0.1, 0.15) is 11.3 Å². The van der Waals surface area contributed by atoms with Crippen molar-refractivity contribution in [1.29, 1.82) is 0 Å². The van der Waals surface area contributed by atoms with E-state index in [1.807, 2.05) is 20.8 Å². The molecule has 1 aliphatic rings. The Balaban J connectivity index is 1.71. The maximum Gasteiger partial charge on any atom is 0.407 e. The van der Waals surface area contributed by atoms with Gasteiger partial charge in [0, 0.05) is 13.5 Å². The molecule has 0 unspecified atom stereocenters. The summed E-state index contributed by atoms with van der Waals surface area (Å²) in [6, 6.07) is 0.260. The molecule has 1 saturated carbocycles. The van der Waals surface area contributed by atoms with Gasteiger partial charge in [-0.1, -0.05) is 5.21 Å². The van der Waals surface area contributed by atoms with E-state index < -0.39 is 5.60 Å². The summed E-state index contributed by atoms with van der Waals surface area (Å²) in [5.41, 5.74) is -0.0823. The van der Waals surface area contributed by atoms with E-state index in [2.05, 4.69) is 15.6 Å². The Morgan fingerprint density at radius 2 is 2.10 bits per heavy atom. The van der Waals surface area contributed by atoms with Crippen molar-refractivity contribution in [2.45, 2.75) is 52.2 Å². The summed E-state index contributed by atoms with van der Waals surface area (Å²) in [5.74, 6) is 0.330. The van der Waals surface area contributed by atoms with Crippen LogP contribution in [0.5, 0.6) is 0 Å². The van der Waals surface area contributed by atoms with Crippen molar-refractivity contribution >= 4 is 11.9 Å². The van der Waals surface area contributed by atoms with E-state index in [4.69, 9.17) is 4.74 Å². The van der Waals surface area contributed by atoms with Crippen LogP contribution in [0.4, 0.5) is 4.79 Å². The first kappa shape index (κ1) is 15.5. The molecule has 0 bridgehead atoms. The first-order valence-electron chi connectivity index (χ1n) is 7.14. The highest BCUT2D eigenvalue weighted by Crippen LogP contribution is 2.36. The molecule has 1 aliphatic carbocycles. The smallest absolute Gasteiger partial charge is 0.407 e. The van der Waals surface area contributed by atoms with Crippen LogP contribution in [0.2, 0.25) is 0 Å². The largest absolute Gasteiger partial charge is 0.444 e. The van der Waals surface area contributed by atoms with Crippen molar-refractivity contribution in [3.05, 3.63) is 11.9 Å². The van der Waals surface area contributed by atoms with Crippen LogP contribution in [0.15, 0.2) is 6.20 Å². The second-order valence-electron chi connectivity index (χ2n) is 6.51. The van der Waals surface area contributed by atoms with Gasteiger partial charge in [0.25, 0.3) is 0 Å². The highest BCUT2D eigenvalue weighted by atomic mass is 16.6. The third-order valence-electron chi connectivity index (χ3n) is 3.39. The number of carbonyl (C=O) groups is 2. The fourth-order valence-corrected chi connectivity index (χ4v) is 2.24. The molecule has 1 fully saturated rings. The number of nitrogens with one attached hydrogen (secondary N) is 1. The number of nitrogens with zero attached hydrogens (tertiary/aromatic N) is 3. The monoisotopic (exact) mass is 294 g/mol. The molecule has 1 N–H and O–H groups in total. The third kappa shape index (κ3) is 4.27. The Bertz CT molecular complexity index is 527. The minimum Gasteiger partial charge on any atom is -0.444 e. The number of ketones is 1. The summed E-state index contributed by atoms with van der Waals surface area (Å²) >= 11 is 0. The molecular weight excluding hydrogens is 272 g/mol. The van der Waals surface area contributed by atoms with Crippen LogP contribution in [-0.2, 0) is 4.74 Å². The van der Waals surface area contributed by atoms with Gasteiger partial charge in [0.2, 0.25) is 0 Å². The van der Waals surface area contributed by atoms with Crippen LogP contribution >= 0.6 is 0 Å². The molecule has 0 saturated heterocycles. The quantitative estimate of drug-likeness (QED) is 0.858. The van der Waals surface area contributed by atoms with Gasteiger partial charge in [0.15, 0.2) is 5.78 Å². The number of Topliss-reactive ketones (excluding diaryl/α,β-unsaturated/α-hetero) is 1. The Labute approximate surface area is 124 Å². The van der Waals surface area contributed by atoms with Gasteiger partial charge in [0.05, 0.1) is 12.2 Å². The molecule has 0 radical (unpaired) electrons. The number of rotatable bonds is 4. The Morgan fingerprint density at radius 3 is 2.62 bits per heavy atom. The highest BCUT2D eigenvalue weighted by Gasteiger charge is 2.32. The van der Waals surface area contributed by atoms with Crippen LogP contribution < -0.4 is 5.32 Å². The Morgan fingerprint density at radius 1 is 1.43 bits per heavy atom. The molecule has 7 nitrogen and oxygen atoms in total. The molecule has 1 amide bonds. The number of alkyl carbamates (subject to hydrolysis) is 1. The van der Waals surface area contributed by atoms with Crippen molar-refractivity contribution in [2.75, 3.05) is 6.54 Å². The summed E-state index contributed by atoms with van der Waals surface area (Å²) in [4.78, 5) is 22.7. The first-order valence-corrected chi connectivity index (χ1v) is 7.14. The van der Waals surface area contributed by atoms with E-state index in [1.165, 1.54) is 6.92 Å². The number of hydrogen-bond acceptors (Lipinski definition) is 5. The second kappa shape index (κ2) is 5.83. The fraction of sp³-hybridized carbons (Fsp3) is 0.714. The zero-order valence-electron chi connectivity index (χ0n) is 12.9. The molecular formula is C14H22N4O3. The van der Waals surface area contributed by atoms with Crippen LogP contribution in [0, 0.1) is 5.92 Å². The van der Waals surface area contributed by atoms with Crippen molar-refractivity contribution in [2.24, 2.45) is 5.92 Å². The van der Waals surface area contributed by atoms with Gasteiger partial charge in [-0.15, -0.1) is 5.10 Å². The Hall–Kier alpha value is -1.92. The minimum atomic E-state index is -0.476. The van der Waals surface area contributed by atoms with Crippen molar-refractivity contribution in [1.82, 2.24) is 20.3 Å². The van der Waals surface area contributed by atoms with Gasteiger partial charge >= 0.3 is 6.09 Å². The normalized spacial score (nSPS) is 21.5. The average Bonchev–Trinajstić information content (AvgIpc) is 2.73. The lowest BCUT2D eigenvalue weighted by Gasteiger charge is -2.35. The zero-order chi connectivity index (χ0) is 15.6. The summed E-state index contributed by atoms with van der Waals surface area (Å²) in [6.45, 7) is 7.58. The van der Waals surface area contributed by atoms with E-state index in [9.17, 15) is 9.59 Å². The predicted octanol–water partition coefficient (Wildman–Crippen LogP) is 1.96. The van der Waals surface area contributed by atoms with Crippen LogP contribution in [0.25, 0.3) is 0 Å². The van der Waals surface area contributed by atoms with Crippen molar-refractivity contribution < 1.29 is 14.3 Å². The summed E-state index contributed by atoms with van der Waals surface area (Å²) in [6.07, 6.45) is 3.13.